The fourth-order valence-electron chi connectivity index (χ4n) is 0.556. The minimum atomic E-state index is 0.712. The first-order chi connectivity index (χ1) is 4.34. The molecule has 0 aliphatic rings. The second kappa shape index (κ2) is 2.54. The van der Waals surface area contributed by atoms with Gasteiger partial charge < -0.3 is 5.32 Å². The van der Waals surface area contributed by atoms with Gasteiger partial charge in [-0.2, -0.15) is 0 Å². The van der Waals surface area contributed by atoms with Crippen molar-refractivity contribution in [2.45, 2.75) is 6.54 Å². The Hall–Kier alpha value is -0.970. The second-order valence-corrected chi connectivity index (χ2v) is 1.75. The van der Waals surface area contributed by atoms with Crippen LogP contribution in [-0.2, 0) is 13.6 Å². The molecule has 0 saturated carbocycles. The molecule has 1 rings (SSSR count). The predicted octanol–water partition coefficient (Wildman–Crippen LogP) is -1.07. The monoisotopic (exact) mass is 127 g/mol. The number of hydrogen-bond donors (Lipinski definition) is 1. The third kappa shape index (κ3) is 1.23. The van der Waals surface area contributed by atoms with Crippen LogP contribution < -0.4 is 5.32 Å². The molecule has 1 heterocycles. The number of nitrogens with one attached hydrogen (secondary N) is 1. The summed E-state index contributed by atoms with van der Waals surface area (Å²) < 4.78 is 1.64. The average Bonchev–Trinajstić information content (AvgIpc) is 2.18. The molecule has 50 valence electrons. The molecule has 0 unspecified atom stereocenters. The van der Waals surface area contributed by atoms with Gasteiger partial charge >= 0.3 is 0 Å². The van der Waals surface area contributed by atoms with Crippen LogP contribution in [0.5, 0.6) is 0 Å². The zero-order chi connectivity index (χ0) is 6.69. The van der Waals surface area contributed by atoms with Crippen molar-refractivity contribution in [1.29, 1.82) is 0 Å². The van der Waals surface area contributed by atoms with Gasteiger partial charge in [0.2, 0.25) is 0 Å². The summed E-state index contributed by atoms with van der Waals surface area (Å²) in [5.41, 5.74) is 0. The smallest absolute Gasteiger partial charge is 0.164 e. The third-order valence-electron chi connectivity index (χ3n) is 1.04. The molecule has 0 atom stereocenters. The molecule has 5 nitrogen and oxygen atoms in total. The molecule has 0 bridgehead atoms. The molecule has 1 aromatic rings. The van der Waals surface area contributed by atoms with Gasteiger partial charge in [-0.25, -0.2) is 4.68 Å². The summed E-state index contributed by atoms with van der Waals surface area (Å²) >= 11 is 0. The van der Waals surface area contributed by atoms with Crippen LogP contribution in [0.25, 0.3) is 0 Å². The van der Waals surface area contributed by atoms with E-state index in [1.54, 1.807) is 4.68 Å². The van der Waals surface area contributed by atoms with Crippen molar-refractivity contribution >= 4 is 0 Å². The minimum Gasteiger partial charge on any atom is -0.313 e. The number of nitrogens with zero attached hydrogens (tertiary/aromatic N) is 4. The zero-order valence-electron chi connectivity index (χ0n) is 5.50. The first-order valence-corrected chi connectivity index (χ1v) is 2.70. The fraction of sp³-hybridized carbons (Fsp3) is 0.750. The van der Waals surface area contributed by atoms with Crippen LogP contribution in [0.4, 0.5) is 0 Å². The average molecular weight is 127 g/mol. The normalized spacial score (nSPS) is 10.0. The van der Waals surface area contributed by atoms with Crippen molar-refractivity contribution in [1.82, 2.24) is 25.5 Å². The lowest BCUT2D eigenvalue weighted by Crippen LogP contribution is -2.10. The highest BCUT2D eigenvalue weighted by atomic mass is 15.5. The van der Waals surface area contributed by atoms with Gasteiger partial charge in [0.15, 0.2) is 5.82 Å². The van der Waals surface area contributed by atoms with Gasteiger partial charge in [0.05, 0.1) is 6.54 Å². The quantitative estimate of drug-likeness (QED) is 0.549. The lowest BCUT2D eigenvalue weighted by molar-refractivity contribution is 0.649. The summed E-state index contributed by atoms with van der Waals surface area (Å²) in [6.45, 7) is 0.712. The highest BCUT2D eigenvalue weighted by molar-refractivity contribution is 4.76. The summed E-state index contributed by atoms with van der Waals surface area (Å²) in [7, 11) is 3.67. The summed E-state index contributed by atoms with van der Waals surface area (Å²) in [6, 6.07) is 0. The van der Waals surface area contributed by atoms with Gasteiger partial charge in [0.25, 0.3) is 0 Å². The van der Waals surface area contributed by atoms with Gasteiger partial charge in [0.1, 0.15) is 0 Å². The van der Waals surface area contributed by atoms with E-state index in [9.17, 15) is 0 Å². The molecule has 0 amide bonds. The molecule has 9 heavy (non-hydrogen) atoms. The van der Waals surface area contributed by atoms with E-state index in [4.69, 9.17) is 0 Å². The lowest BCUT2D eigenvalue weighted by Gasteiger charge is -1.93. The molecule has 0 radical (unpaired) electrons. The standard InChI is InChI=1S/C4H9N5/c1-5-3-4-6-7-8-9(4)2/h5H,3H2,1-2H3. The number of tetrazole rings is 1. The van der Waals surface area contributed by atoms with Gasteiger partial charge in [-0.05, 0) is 17.5 Å². The van der Waals surface area contributed by atoms with E-state index in [1.807, 2.05) is 14.1 Å². The van der Waals surface area contributed by atoms with Crippen LogP contribution in [-0.4, -0.2) is 27.3 Å². The van der Waals surface area contributed by atoms with Crippen molar-refractivity contribution in [3.63, 3.8) is 0 Å². The van der Waals surface area contributed by atoms with Gasteiger partial charge in [-0.1, -0.05) is 0 Å². The van der Waals surface area contributed by atoms with E-state index < -0.39 is 0 Å². The van der Waals surface area contributed by atoms with Crippen LogP contribution in [0.3, 0.4) is 0 Å². The number of hydrogen-bond acceptors (Lipinski definition) is 4. The third-order valence-corrected chi connectivity index (χ3v) is 1.04. The summed E-state index contributed by atoms with van der Waals surface area (Å²) in [5, 5.41) is 13.8. The summed E-state index contributed by atoms with van der Waals surface area (Å²) in [6.07, 6.45) is 0. The maximum atomic E-state index is 3.74. The largest absolute Gasteiger partial charge is 0.313 e. The Morgan fingerprint density at radius 2 is 2.44 bits per heavy atom. The predicted molar refractivity (Wildman–Crippen MR) is 31.6 cm³/mol. The van der Waals surface area contributed by atoms with E-state index in [0.29, 0.717) is 6.54 Å². The van der Waals surface area contributed by atoms with Gasteiger partial charge in [-0.15, -0.1) is 5.10 Å². The maximum Gasteiger partial charge on any atom is 0.164 e. The lowest BCUT2D eigenvalue weighted by atomic mass is 10.6. The molecule has 0 aliphatic carbocycles. The Kier molecular flexibility index (Phi) is 1.74. The van der Waals surface area contributed by atoms with E-state index in [0.717, 1.165) is 5.82 Å². The summed E-state index contributed by atoms with van der Waals surface area (Å²) in [5.74, 6) is 0.845. The number of aromatic nitrogens is 4. The van der Waals surface area contributed by atoms with Crippen LogP contribution in [0, 0.1) is 0 Å². The Bertz CT molecular complexity index is 181. The number of rotatable bonds is 2. The first kappa shape index (κ1) is 6.15. The van der Waals surface area contributed by atoms with Crippen molar-refractivity contribution in [3.8, 4) is 0 Å². The molecule has 5 heteroatoms. The van der Waals surface area contributed by atoms with Crippen molar-refractivity contribution in [3.05, 3.63) is 5.82 Å². The van der Waals surface area contributed by atoms with E-state index >= 15 is 0 Å². The SMILES string of the molecule is CNCc1nnnn1C. The molecule has 0 saturated heterocycles. The molecular formula is C4H9N5. The fourth-order valence-corrected chi connectivity index (χ4v) is 0.556. The second-order valence-electron chi connectivity index (χ2n) is 1.75. The minimum absolute atomic E-state index is 0.712. The Morgan fingerprint density at radius 1 is 1.67 bits per heavy atom. The molecule has 0 spiro atoms. The molecule has 1 N–H and O–H groups in total. The van der Waals surface area contributed by atoms with Gasteiger partial charge in [-0.3, -0.25) is 0 Å². The molecular weight excluding hydrogens is 118 g/mol. The maximum absolute atomic E-state index is 3.74. The van der Waals surface area contributed by atoms with Crippen molar-refractivity contribution in [2.75, 3.05) is 7.05 Å². The first-order valence-electron chi connectivity index (χ1n) is 2.70. The molecule has 0 aliphatic heterocycles. The topological polar surface area (TPSA) is 55.6 Å². The van der Waals surface area contributed by atoms with Crippen LogP contribution >= 0.6 is 0 Å². The Balaban J connectivity index is 2.69. The molecule has 0 aromatic carbocycles. The molecule has 1 aromatic heterocycles. The van der Waals surface area contributed by atoms with Crippen LogP contribution in [0.15, 0.2) is 0 Å². The highest BCUT2D eigenvalue weighted by Gasteiger charge is 1.96. The highest BCUT2D eigenvalue weighted by Crippen LogP contribution is 1.83. The number of aryl methyl sites for hydroxylation is 1. The molecule has 0 fully saturated rings. The summed E-state index contributed by atoms with van der Waals surface area (Å²) in [4.78, 5) is 0. The van der Waals surface area contributed by atoms with Gasteiger partial charge in [0, 0.05) is 7.05 Å². The zero-order valence-corrected chi connectivity index (χ0v) is 5.50. The van der Waals surface area contributed by atoms with E-state index in [2.05, 4.69) is 20.8 Å². The van der Waals surface area contributed by atoms with Crippen molar-refractivity contribution < 1.29 is 0 Å². The van der Waals surface area contributed by atoms with E-state index in [1.165, 1.54) is 0 Å². The van der Waals surface area contributed by atoms with Crippen molar-refractivity contribution in [2.24, 2.45) is 7.05 Å². The Morgan fingerprint density at radius 3 is 2.89 bits per heavy atom. The van der Waals surface area contributed by atoms with Crippen LogP contribution in [0.1, 0.15) is 5.82 Å². The van der Waals surface area contributed by atoms with E-state index in [-0.39, 0.29) is 0 Å². The Labute approximate surface area is 53.1 Å². The van der Waals surface area contributed by atoms with Crippen LogP contribution in [0.2, 0.25) is 0 Å².